The third-order valence-electron chi connectivity index (χ3n) is 2.91. The number of benzene rings is 2. The molecule has 0 spiro atoms. The van der Waals surface area contributed by atoms with Crippen LogP contribution in [-0.4, -0.2) is 6.36 Å². The van der Waals surface area contributed by atoms with Crippen LogP contribution in [0.3, 0.4) is 0 Å². The van der Waals surface area contributed by atoms with E-state index in [-0.39, 0.29) is 5.75 Å². The fourth-order valence-electron chi connectivity index (χ4n) is 2.05. The van der Waals surface area contributed by atoms with Crippen LogP contribution in [0.15, 0.2) is 54.9 Å². The molecule has 0 radical (unpaired) electrons. The van der Waals surface area contributed by atoms with Gasteiger partial charge in [-0.3, -0.25) is 0 Å². The standard InChI is InChI=1S/C15H10F3NO2/c1-9-19-13-8-11(4-7-14(13)20-9)10-2-5-12(6-3-10)21-15(16,17)18/h2-8,19H,1H2. The van der Waals surface area contributed by atoms with Crippen LogP contribution in [0.25, 0.3) is 11.1 Å². The Morgan fingerprint density at radius 1 is 1.00 bits per heavy atom. The van der Waals surface area contributed by atoms with Gasteiger partial charge in [-0.25, -0.2) is 0 Å². The average Bonchev–Trinajstić information content (AvgIpc) is 2.76. The summed E-state index contributed by atoms with van der Waals surface area (Å²) in [7, 11) is 0. The van der Waals surface area contributed by atoms with Crippen molar-refractivity contribution >= 4 is 5.69 Å². The lowest BCUT2D eigenvalue weighted by molar-refractivity contribution is -0.274. The Labute approximate surface area is 118 Å². The highest BCUT2D eigenvalue weighted by Crippen LogP contribution is 2.36. The third-order valence-corrected chi connectivity index (χ3v) is 2.91. The van der Waals surface area contributed by atoms with Crippen molar-refractivity contribution in [1.82, 2.24) is 0 Å². The monoisotopic (exact) mass is 293 g/mol. The number of hydrogen-bond acceptors (Lipinski definition) is 3. The summed E-state index contributed by atoms with van der Waals surface area (Å²) in [5, 5.41) is 2.96. The van der Waals surface area contributed by atoms with Crippen LogP contribution >= 0.6 is 0 Å². The number of fused-ring (bicyclic) bond motifs is 1. The molecular weight excluding hydrogens is 283 g/mol. The Morgan fingerprint density at radius 3 is 2.33 bits per heavy atom. The first-order chi connectivity index (χ1) is 9.90. The molecule has 0 bridgehead atoms. The minimum absolute atomic E-state index is 0.248. The Bertz CT molecular complexity index is 693. The van der Waals surface area contributed by atoms with Gasteiger partial charge in [0, 0.05) is 0 Å². The number of alkyl halides is 3. The Balaban J connectivity index is 1.85. The van der Waals surface area contributed by atoms with Gasteiger partial charge in [0.2, 0.25) is 0 Å². The minimum atomic E-state index is -4.68. The van der Waals surface area contributed by atoms with Crippen LogP contribution < -0.4 is 14.8 Å². The average molecular weight is 293 g/mol. The van der Waals surface area contributed by atoms with E-state index in [0.717, 1.165) is 16.8 Å². The van der Waals surface area contributed by atoms with Crippen molar-refractivity contribution in [1.29, 1.82) is 0 Å². The van der Waals surface area contributed by atoms with Gasteiger partial charge in [-0.2, -0.15) is 0 Å². The lowest BCUT2D eigenvalue weighted by Gasteiger charge is -2.09. The molecule has 0 amide bonds. The van der Waals surface area contributed by atoms with E-state index in [1.54, 1.807) is 18.2 Å². The van der Waals surface area contributed by atoms with Crippen LogP contribution in [0.4, 0.5) is 18.9 Å². The van der Waals surface area contributed by atoms with E-state index >= 15 is 0 Å². The summed E-state index contributed by atoms with van der Waals surface area (Å²) in [6.07, 6.45) is -4.68. The van der Waals surface area contributed by atoms with Gasteiger partial charge >= 0.3 is 6.36 Å². The molecule has 21 heavy (non-hydrogen) atoms. The highest BCUT2D eigenvalue weighted by Gasteiger charge is 2.30. The molecule has 108 valence electrons. The predicted molar refractivity (Wildman–Crippen MR) is 72.0 cm³/mol. The number of rotatable bonds is 2. The fourth-order valence-corrected chi connectivity index (χ4v) is 2.05. The molecule has 0 unspecified atom stereocenters. The summed E-state index contributed by atoms with van der Waals surface area (Å²) in [5.41, 5.74) is 2.39. The fraction of sp³-hybridized carbons (Fsp3) is 0.0667. The largest absolute Gasteiger partial charge is 0.573 e. The van der Waals surface area contributed by atoms with Crippen LogP contribution in [0.1, 0.15) is 0 Å². The maximum absolute atomic E-state index is 12.1. The van der Waals surface area contributed by atoms with Gasteiger partial charge in [-0.05, 0) is 42.0 Å². The Morgan fingerprint density at radius 2 is 1.67 bits per heavy atom. The molecule has 3 nitrogen and oxygen atoms in total. The van der Waals surface area contributed by atoms with Crippen molar-refractivity contribution in [2.24, 2.45) is 0 Å². The van der Waals surface area contributed by atoms with E-state index in [0.29, 0.717) is 11.6 Å². The minimum Gasteiger partial charge on any atom is -0.440 e. The first kappa shape index (κ1) is 13.4. The summed E-state index contributed by atoms with van der Waals surface area (Å²) in [6, 6.07) is 11.1. The SMILES string of the molecule is C=C1Nc2cc(-c3ccc(OC(F)(F)F)cc3)ccc2O1. The molecule has 1 N–H and O–H groups in total. The molecule has 1 aliphatic rings. The van der Waals surface area contributed by atoms with Gasteiger partial charge in [-0.15, -0.1) is 13.2 Å². The van der Waals surface area contributed by atoms with E-state index in [1.807, 2.05) is 12.1 Å². The lowest BCUT2D eigenvalue weighted by atomic mass is 10.0. The van der Waals surface area contributed by atoms with E-state index in [2.05, 4.69) is 16.6 Å². The molecule has 0 saturated heterocycles. The third kappa shape index (κ3) is 2.94. The molecule has 3 rings (SSSR count). The van der Waals surface area contributed by atoms with Gasteiger partial charge in [0.1, 0.15) is 5.75 Å². The van der Waals surface area contributed by atoms with Crippen LogP contribution in [0.2, 0.25) is 0 Å². The van der Waals surface area contributed by atoms with E-state index in [1.165, 1.54) is 12.1 Å². The summed E-state index contributed by atoms with van der Waals surface area (Å²) in [5.74, 6) is 0.860. The van der Waals surface area contributed by atoms with Crippen molar-refractivity contribution in [2.45, 2.75) is 6.36 Å². The first-order valence-corrected chi connectivity index (χ1v) is 6.05. The second-order valence-corrected chi connectivity index (χ2v) is 4.43. The van der Waals surface area contributed by atoms with Crippen LogP contribution in [0.5, 0.6) is 11.5 Å². The highest BCUT2D eigenvalue weighted by molar-refractivity contribution is 5.74. The lowest BCUT2D eigenvalue weighted by Crippen LogP contribution is -2.16. The summed E-state index contributed by atoms with van der Waals surface area (Å²) >= 11 is 0. The number of halogens is 3. The zero-order valence-corrected chi connectivity index (χ0v) is 10.7. The van der Waals surface area contributed by atoms with Crippen molar-refractivity contribution in [3.05, 3.63) is 54.9 Å². The van der Waals surface area contributed by atoms with Crippen molar-refractivity contribution in [3.8, 4) is 22.6 Å². The van der Waals surface area contributed by atoms with Gasteiger partial charge < -0.3 is 14.8 Å². The van der Waals surface area contributed by atoms with E-state index in [4.69, 9.17) is 4.74 Å². The summed E-state index contributed by atoms with van der Waals surface area (Å²) in [6.45, 7) is 3.66. The molecule has 2 aromatic rings. The maximum Gasteiger partial charge on any atom is 0.573 e. The van der Waals surface area contributed by atoms with Gasteiger partial charge in [-0.1, -0.05) is 18.2 Å². The van der Waals surface area contributed by atoms with Gasteiger partial charge in [0.05, 0.1) is 5.69 Å². The molecular formula is C15H10F3NO2. The van der Waals surface area contributed by atoms with Gasteiger partial charge in [0.25, 0.3) is 0 Å². The number of anilines is 1. The zero-order valence-electron chi connectivity index (χ0n) is 10.7. The van der Waals surface area contributed by atoms with Gasteiger partial charge in [0.15, 0.2) is 11.6 Å². The number of ether oxygens (including phenoxy) is 2. The molecule has 1 heterocycles. The van der Waals surface area contributed by atoms with Crippen LogP contribution in [-0.2, 0) is 0 Å². The van der Waals surface area contributed by atoms with Crippen molar-refractivity contribution in [2.75, 3.05) is 5.32 Å². The van der Waals surface area contributed by atoms with Crippen molar-refractivity contribution < 1.29 is 22.6 Å². The quantitative estimate of drug-likeness (QED) is 0.882. The molecule has 6 heteroatoms. The molecule has 0 atom stereocenters. The zero-order chi connectivity index (χ0) is 15.0. The van der Waals surface area contributed by atoms with Crippen LogP contribution in [0, 0.1) is 0 Å². The Hall–Kier alpha value is -2.63. The smallest absolute Gasteiger partial charge is 0.440 e. The van der Waals surface area contributed by atoms with E-state index < -0.39 is 6.36 Å². The van der Waals surface area contributed by atoms with Crippen molar-refractivity contribution in [3.63, 3.8) is 0 Å². The van der Waals surface area contributed by atoms with E-state index in [9.17, 15) is 13.2 Å². The highest BCUT2D eigenvalue weighted by atomic mass is 19.4. The molecule has 1 aliphatic heterocycles. The number of hydrogen-bond donors (Lipinski definition) is 1. The summed E-state index contributed by atoms with van der Waals surface area (Å²) in [4.78, 5) is 0. The maximum atomic E-state index is 12.1. The normalized spacial score (nSPS) is 13.4. The molecule has 0 aromatic heterocycles. The molecule has 2 aromatic carbocycles. The second-order valence-electron chi connectivity index (χ2n) is 4.43. The Kier molecular flexibility index (Phi) is 3.01. The topological polar surface area (TPSA) is 30.5 Å². The molecule has 0 aliphatic carbocycles. The molecule has 0 fully saturated rings. The molecule has 0 saturated carbocycles. The predicted octanol–water partition coefficient (Wildman–Crippen LogP) is 4.53. The first-order valence-electron chi connectivity index (χ1n) is 6.05. The number of nitrogens with one attached hydrogen (secondary N) is 1. The summed E-state index contributed by atoms with van der Waals surface area (Å²) < 4.78 is 45.5. The second kappa shape index (κ2) is 4.73.